The first-order valence-electron chi connectivity index (χ1n) is 6.80. The zero-order chi connectivity index (χ0) is 13.2. The van der Waals surface area contributed by atoms with E-state index in [0.29, 0.717) is 17.5 Å². The number of nitrogens with one attached hydrogen (secondary N) is 1. The highest BCUT2D eigenvalue weighted by Crippen LogP contribution is 2.38. The van der Waals surface area contributed by atoms with E-state index < -0.39 is 0 Å². The van der Waals surface area contributed by atoms with Gasteiger partial charge in [0, 0.05) is 17.3 Å². The van der Waals surface area contributed by atoms with Gasteiger partial charge in [0.15, 0.2) is 0 Å². The largest absolute Gasteiger partial charge is 0.382 e. The first-order chi connectivity index (χ1) is 9.24. The van der Waals surface area contributed by atoms with Gasteiger partial charge in [0.25, 0.3) is 0 Å². The van der Waals surface area contributed by atoms with Crippen molar-refractivity contribution >= 4 is 5.69 Å². The van der Waals surface area contributed by atoms with Crippen LogP contribution in [0.2, 0.25) is 0 Å². The fourth-order valence-corrected chi connectivity index (χ4v) is 2.72. The zero-order valence-corrected chi connectivity index (χ0v) is 11.1. The molecule has 1 aliphatic carbocycles. The lowest BCUT2D eigenvalue weighted by atomic mass is 9.76. The van der Waals surface area contributed by atoms with Crippen LogP contribution in [0.4, 0.5) is 10.1 Å². The molecule has 2 heteroatoms. The molecule has 0 saturated heterocycles. The van der Waals surface area contributed by atoms with Gasteiger partial charge in [0.1, 0.15) is 5.82 Å². The third-order valence-electron chi connectivity index (χ3n) is 4.04. The number of benzene rings is 2. The van der Waals surface area contributed by atoms with Crippen molar-refractivity contribution in [3.05, 3.63) is 65.5 Å². The van der Waals surface area contributed by atoms with Crippen molar-refractivity contribution in [1.29, 1.82) is 0 Å². The lowest BCUT2D eigenvalue weighted by Gasteiger charge is -2.37. The van der Waals surface area contributed by atoms with Crippen molar-refractivity contribution in [2.24, 2.45) is 0 Å². The molecule has 3 rings (SSSR count). The lowest BCUT2D eigenvalue weighted by molar-refractivity contribution is 0.374. The molecular formula is C17H18FN. The second-order valence-corrected chi connectivity index (χ2v) is 5.33. The van der Waals surface area contributed by atoms with Gasteiger partial charge in [0.2, 0.25) is 0 Å². The predicted octanol–water partition coefficient (Wildman–Crippen LogP) is 4.49. The minimum atomic E-state index is -0.135. The molecule has 2 aromatic rings. The lowest BCUT2D eigenvalue weighted by Crippen LogP contribution is -2.34. The van der Waals surface area contributed by atoms with Crippen LogP contribution in [0.15, 0.2) is 48.5 Å². The number of anilines is 1. The molecular weight excluding hydrogens is 237 g/mol. The fourth-order valence-electron chi connectivity index (χ4n) is 2.72. The van der Waals surface area contributed by atoms with Crippen molar-refractivity contribution < 1.29 is 4.39 Å². The Kier molecular flexibility index (Phi) is 3.24. The summed E-state index contributed by atoms with van der Waals surface area (Å²) in [7, 11) is 0. The Morgan fingerprint density at radius 3 is 2.47 bits per heavy atom. The van der Waals surface area contributed by atoms with Crippen LogP contribution >= 0.6 is 0 Å². The van der Waals surface area contributed by atoms with Crippen molar-refractivity contribution in [1.82, 2.24) is 0 Å². The van der Waals surface area contributed by atoms with Crippen molar-refractivity contribution in [3.8, 4) is 0 Å². The summed E-state index contributed by atoms with van der Waals surface area (Å²) in [6.45, 7) is 1.82. The van der Waals surface area contributed by atoms with Gasteiger partial charge in [-0.05, 0) is 43.4 Å². The van der Waals surface area contributed by atoms with E-state index in [-0.39, 0.29) is 5.82 Å². The Balaban J connectivity index is 1.61. The minimum absolute atomic E-state index is 0.135. The van der Waals surface area contributed by atoms with Crippen LogP contribution in [0, 0.1) is 12.7 Å². The summed E-state index contributed by atoms with van der Waals surface area (Å²) in [5.74, 6) is 0.511. The van der Waals surface area contributed by atoms with E-state index in [9.17, 15) is 4.39 Å². The molecule has 0 amide bonds. The van der Waals surface area contributed by atoms with Crippen LogP contribution in [0.1, 0.15) is 29.9 Å². The van der Waals surface area contributed by atoms with Crippen LogP contribution in [0.3, 0.4) is 0 Å². The molecule has 1 aliphatic rings. The predicted molar refractivity (Wildman–Crippen MR) is 77.0 cm³/mol. The van der Waals surface area contributed by atoms with E-state index in [1.54, 1.807) is 6.07 Å². The molecule has 98 valence electrons. The normalized spacial score (nSPS) is 21.8. The van der Waals surface area contributed by atoms with Crippen LogP contribution < -0.4 is 5.32 Å². The summed E-state index contributed by atoms with van der Waals surface area (Å²) in [4.78, 5) is 0. The third kappa shape index (κ3) is 2.48. The van der Waals surface area contributed by atoms with E-state index in [1.165, 1.54) is 11.6 Å². The van der Waals surface area contributed by atoms with Gasteiger partial charge in [-0.2, -0.15) is 0 Å². The van der Waals surface area contributed by atoms with Gasteiger partial charge < -0.3 is 5.32 Å². The molecule has 0 aliphatic heterocycles. The Labute approximate surface area is 113 Å². The molecule has 1 fully saturated rings. The maximum absolute atomic E-state index is 13.5. The van der Waals surface area contributed by atoms with Crippen molar-refractivity contribution in [2.45, 2.75) is 31.7 Å². The van der Waals surface area contributed by atoms with Gasteiger partial charge in [0.05, 0.1) is 0 Å². The van der Waals surface area contributed by atoms with Gasteiger partial charge in [-0.3, -0.25) is 0 Å². The Hall–Kier alpha value is -1.83. The summed E-state index contributed by atoms with van der Waals surface area (Å²) in [5.41, 5.74) is 3.05. The van der Waals surface area contributed by atoms with Crippen molar-refractivity contribution in [2.75, 3.05) is 5.32 Å². The molecule has 0 unspecified atom stereocenters. The Morgan fingerprint density at radius 2 is 1.74 bits per heavy atom. The summed E-state index contributed by atoms with van der Waals surface area (Å²) in [6.07, 6.45) is 2.25. The monoisotopic (exact) mass is 255 g/mol. The molecule has 0 aromatic heterocycles. The Morgan fingerprint density at radius 1 is 1.00 bits per heavy atom. The van der Waals surface area contributed by atoms with Crippen molar-refractivity contribution in [3.63, 3.8) is 0 Å². The number of hydrogen-bond donors (Lipinski definition) is 1. The highest BCUT2D eigenvalue weighted by molar-refractivity contribution is 5.52. The maximum atomic E-state index is 13.5. The molecule has 19 heavy (non-hydrogen) atoms. The SMILES string of the molecule is Cc1c(F)cccc1NC1CC(c2ccccc2)C1. The molecule has 1 N–H and O–H groups in total. The van der Waals surface area contributed by atoms with Crippen LogP contribution in [-0.2, 0) is 0 Å². The van der Waals surface area contributed by atoms with E-state index in [4.69, 9.17) is 0 Å². The maximum Gasteiger partial charge on any atom is 0.128 e. The van der Waals surface area contributed by atoms with Gasteiger partial charge in [-0.1, -0.05) is 36.4 Å². The number of halogens is 1. The molecule has 1 saturated carbocycles. The van der Waals surface area contributed by atoms with Crippen LogP contribution in [0.5, 0.6) is 0 Å². The molecule has 0 heterocycles. The van der Waals surface area contributed by atoms with Gasteiger partial charge in [-0.25, -0.2) is 4.39 Å². The smallest absolute Gasteiger partial charge is 0.128 e. The fraction of sp³-hybridized carbons (Fsp3) is 0.294. The second kappa shape index (κ2) is 5.04. The Bertz CT molecular complexity index is 559. The first kappa shape index (κ1) is 12.2. The highest BCUT2D eigenvalue weighted by atomic mass is 19.1. The van der Waals surface area contributed by atoms with E-state index in [1.807, 2.05) is 19.1 Å². The van der Waals surface area contributed by atoms with Gasteiger partial charge in [-0.15, -0.1) is 0 Å². The van der Waals surface area contributed by atoms with E-state index in [0.717, 1.165) is 18.5 Å². The quantitative estimate of drug-likeness (QED) is 0.852. The molecule has 1 nitrogen and oxygen atoms in total. The van der Waals surface area contributed by atoms with E-state index in [2.05, 4.69) is 29.6 Å². The molecule has 2 aromatic carbocycles. The molecule has 0 atom stereocenters. The highest BCUT2D eigenvalue weighted by Gasteiger charge is 2.30. The molecule has 0 spiro atoms. The third-order valence-corrected chi connectivity index (χ3v) is 4.04. The summed E-state index contributed by atoms with van der Waals surface area (Å²) in [6, 6.07) is 16.3. The van der Waals surface area contributed by atoms with Crippen LogP contribution in [-0.4, -0.2) is 6.04 Å². The topological polar surface area (TPSA) is 12.0 Å². The standard InChI is InChI=1S/C17H18FN/c1-12-16(18)8-5-9-17(12)19-15-10-14(11-15)13-6-3-2-4-7-13/h2-9,14-15,19H,10-11H2,1H3. The average molecular weight is 255 g/mol. The second-order valence-electron chi connectivity index (χ2n) is 5.33. The minimum Gasteiger partial charge on any atom is -0.382 e. The average Bonchev–Trinajstić information content (AvgIpc) is 2.39. The number of hydrogen-bond acceptors (Lipinski definition) is 1. The summed E-state index contributed by atoms with van der Waals surface area (Å²) >= 11 is 0. The summed E-state index contributed by atoms with van der Waals surface area (Å²) < 4.78 is 13.5. The molecule has 0 bridgehead atoms. The van der Waals surface area contributed by atoms with Gasteiger partial charge >= 0.3 is 0 Å². The summed E-state index contributed by atoms with van der Waals surface area (Å²) in [5, 5.41) is 3.45. The zero-order valence-electron chi connectivity index (χ0n) is 11.1. The number of rotatable bonds is 3. The molecule has 0 radical (unpaired) electrons. The van der Waals surface area contributed by atoms with Crippen LogP contribution in [0.25, 0.3) is 0 Å². The first-order valence-corrected chi connectivity index (χ1v) is 6.80. The van der Waals surface area contributed by atoms with E-state index >= 15 is 0 Å².